The molecule has 2 heterocycles. The van der Waals surface area contributed by atoms with Crippen LogP contribution in [0.5, 0.6) is 0 Å². The number of hydrogen-bond donors (Lipinski definition) is 3. The van der Waals surface area contributed by atoms with Gasteiger partial charge in [0.15, 0.2) is 0 Å². The number of imidazole rings is 1. The van der Waals surface area contributed by atoms with E-state index in [9.17, 15) is 8.42 Å². The first-order valence-electron chi connectivity index (χ1n) is 5.77. The van der Waals surface area contributed by atoms with Crippen molar-refractivity contribution in [2.24, 2.45) is 5.73 Å². The van der Waals surface area contributed by atoms with E-state index in [1.165, 1.54) is 17.1 Å². The predicted molar refractivity (Wildman–Crippen MR) is 68.6 cm³/mol. The zero-order chi connectivity index (χ0) is 13.9. The summed E-state index contributed by atoms with van der Waals surface area (Å²) in [4.78, 5) is 6.98. The molecule has 0 saturated carbocycles. The van der Waals surface area contributed by atoms with Crippen LogP contribution in [0.1, 0.15) is 18.8 Å². The Morgan fingerprint density at radius 3 is 3.00 bits per heavy atom. The van der Waals surface area contributed by atoms with Gasteiger partial charge in [0.05, 0.1) is 18.8 Å². The Kier molecular flexibility index (Phi) is 3.98. The second-order valence-electron chi connectivity index (χ2n) is 4.05. The number of nitrogens with two attached hydrogens (primary N) is 1. The van der Waals surface area contributed by atoms with Crippen LogP contribution in [0.25, 0.3) is 0 Å². The fourth-order valence-corrected chi connectivity index (χ4v) is 2.77. The molecule has 1 atom stereocenters. The molecule has 104 valence electrons. The molecule has 2 rings (SSSR count). The van der Waals surface area contributed by atoms with Crippen molar-refractivity contribution < 1.29 is 8.42 Å². The summed E-state index contributed by atoms with van der Waals surface area (Å²) >= 11 is 0. The first-order chi connectivity index (χ1) is 9.03. The van der Waals surface area contributed by atoms with E-state index < -0.39 is 16.1 Å². The topological polar surface area (TPSA) is 119 Å². The molecule has 0 saturated heterocycles. The number of aromatic nitrogens is 4. The fourth-order valence-electron chi connectivity index (χ4n) is 1.61. The Labute approximate surface area is 111 Å². The van der Waals surface area contributed by atoms with Crippen molar-refractivity contribution in [2.45, 2.75) is 24.4 Å². The minimum Gasteiger partial charge on any atom is -0.347 e. The first-order valence-corrected chi connectivity index (χ1v) is 7.25. The molecule has 0 aromatic carbocycles. The van der Waals surface area contributed by atoms with Crippen molar-refractivity contribution in [2.75, 3.05) is 6.54 Å². The monoisotopic (exact) mass is 284 g/mol. The summed E-state index contributed by atoms with van der Waals surface area (Å²) in [5, 5.41) is 3.94. The van der Waals surface area contributed by atoms with Gasteiger partial charge in [-0.05, 0) is 6.92 Å². The van der Waals surface area contributed by atoms with Crippen molar-refractivity contribution in [3.05, 3.63) is 30.6 Å². The number of nitrogens with one attached hydrogen (secondary N) is 2. The molecular weight excluding hydrogens is 268 g/mol. The van der Waals surface area contributed by atoms with Crippen LogP contribution >= 0.6 is 0 Å². The highest BCUT2D eigenvalue weighted by atomic mass is 32.2. The molecule has 0 spiro atoms. The van der Waals surface area contributed by atoms with Crippen molar-refractivity contribution >= 4 is 10.0 Å². The summed E-state index contributed by atoms with van der Waals surface area (Å²) in [5.74, 6) is 0.554. The third-order valence-corrected chi connectivity index (χ3v) is 4.03. The highest BCUT2D eigenvalue weighted by molar-refractivity contribution is 7.89. The average molecular weight is 284 g/mol. The number of aromatic amines is 1. The number of nitrogens with zero attached hydrogens (tertiary/aromatic N) is 3. The third-order valence-electron chi connectivity index (χ3n) is 2.54. The van der Waals surface area contributed by atoms with Gasteiger partial charge in [-0.15, -0.1) is 0 Å². The first kappa shape index (κ1) is 13.7. The van der Waals surface area contributed by atoms with E-state index in [0.717, 1.165) is 0 Å². The largest absolute Gasteiger partial charge is 0.347 e. The average Bonchev–Trinajstić information content (AvgIpc) is 2.99. The Balaban J connectivity index is 2.13. The number of sulfonamides is 1. The van der Waals surface area contributed by atoms with Crippen molar-refractivity contribution in [3.63, 3.8) is 0 Å². The quantitative estimate of drug-likeness (QED) is 0.667. The summed E-state index contributed by atoms with van der Waals surface area (Å²) in [7, 11) is -3.62. The molecule has 0 aliphatic carbocycles. The molecule has 9 heteroatoms. The SMILES string of the molecule is CC(NS(=O)(=O)c1cnn(CCN)c1)c1ncc[nH]1. The van der Waals surface area contributed by atoms with Crippen LogP contribution in [0.2, 0.25) is 0 Å². The van der Waals surface area contributed by atoms with Crippen LogP contribution < -0.4 is 10.5 Å². The van der Waals surface area contributed by atoms with Gasteiger partial charge >= 0.3 is 0 Å². The molecule has 2 aromatic heterocycles. The fraction of sp³-hybridized carbons (Fsp3) is 0.400. The lowest BCUT2D eigenvalue weighted by molar-refractivity contribution is 0.560. The minimum absolute atomic E-state index is 0.111. The van der Waals surface area contributed by atoms with Gasteiger partial charge in [-0.25, -0.2) is 18.1 Å². The molecule has 0 aliphatic rings. The van der Waals surface area contributed by atoms with E-state index in [-0.39, 0.29) is 4.90 Å². The molecule has 0 amide bonds. The van der Waals surface area contributed by atoms with Gasteiger partial charge in [-0.2, -0.15) is 5.10 Å². The zero-order valence-corrected chi connectivity index (χ0v) is 11.3. The lowest BCUT2D eigenvalue weighted by atomic mass is 10.3. The summed E-state index contributed by atoms with van der Waals surface area (Å²) in [6, 6.07) is -0.446. The highest BCUT2D eigenvalue weighted by Gasteiger charge is 2.21. The number of hydrogen-bond acceptors (Lipinski definition) is 5. The Bertz CT molecular complexity index is 618. The Morgan fingerprint density at radius 2 is 2.37 bits per heavy atom. The van der Waals surface area contributed by atoms with E-state index in [0.29, 0.717) is 18.9 Å². The van der Waals surface area contributed by atoms with E-state index in [2.05, 4.69) is 19.8 Å². The van der Waals surface area contributed by atoms with Crippen LogP contribution in [0.4, 0.5) is 0 Å². The standard InChI is InChI=1S/C10H16N6O2S/c1-8(10-12-3-4-13-10)15-19(17,18)9-6-14-16(7-9)5-2-11/h3-4,6-8,15H,2,5,11H2,1H3,(H,12,13). The lowest BCUT2D eigenvalue weighted by Gasteiger charge is -2.10. The molecule has 0 fully saturated rings. The molecule has 2 aromatic rings. The van der Waals surface area contributed by atoms with Gasteiger partial charge in [0.25, 0.3) is 0 Å². The molecule has 0 bridgehead atoms. The van der Waals surface area contributed by atoms with Gasteiger partial charge in [-0.3, -0.25) is 4.68 Å². The number of H-pyrrole nitrogens is 1. The highest BCUT2D eigenvalue weighted by Crippen LogP contribution is 2.13. The van der Waals surface area contributed by atoms with Crippen LogP contribution in [-0.2, 0) is 16.6 Å². The maximum absolute atomic E-state index is 12.1. The summed E-state index contributed by atoms with van der Waals surface area (Å²) in [6.07, 6.45) is 5.95. The summed E-state index contributed by atoms with van der Waals surface area (Å²) in [5.41, 5.74) is 5.39. The molecule has 0 aliphatic heterocycles. The van der Waals surface area contributed by atoms with Crippen LogP contribution in [0, 0.1) is 0 Å². The second-order valence-corrected chi connectivity index (χ2v) is 5.76. The maximum Gasteiger partial charge on any atom is 0.244 e. The summed E-state index contributed by atoms with van der Waals surface area (Å²) in [6.45, 7) is 2.58. The van der Waals surface area contributed by atoms with Crippen LogP contribution in [0.3, 0.4) is 0 Å². The van der Waals surface area contributed by atoms with E-state index >= 15 is 0 Å². The maximum atomic E-state index is 12.1. The van der Waals surface area contributed by atoms with E-state index in [4.69, 9.17) is 5.73 Å². The molecule has 4 N–H and O–H groups in total. The van der Waals surface area contributed by atoms with Crippen molar-refractivity contribution in [1.82, 2.24) is 24.5 Å². The Hall–Kier alpha value is -1.71. The van der Waals surface area contributed by atoms with Gasteiger partial charge in [0.1, 0.15) is 10.7 Å². The molecular formula is C10H16N6O2S. The van der Waals surface area contributed by atoms with Crippen molar-refractivity contribution in [3.8, 4) is 0 Å². The summed E-state index contributed by atoms with van der Waals surface area (Å²) < 4.78 is 28.3. The molecule has 0 radical (unpaired) electrons. The van der Waals surface area contributed by atoms with E-state index in [1.807, 2.05) is 0 Å². The second kappa shape index (κ2) is 5.51. The van der Waals surface area contributed by atoms with Gasteiger partial charge < -0.3 is 10.7 Å². The minimum atomic E-state index is -3.62. The zero-order valence-electron chi connectivity index (χ0n) is 10.4. The van der Waals surface area contributed by atoms with Gasteiger partial charge in [0, 0.05) is 25.1 Å². The normalized spacial score (nSPS) is 13.6. The smallest absolute Gasteiger partial charge is 0.244 e. The molecule has 19 heavy (non-hydrogen) atoms. The van der Waals surface area contributed by atoms with E-state index in [1.54, 1.807) is 19.3 Å². The van der Waals surface area contributed by atoms with Crippen LogP contribution in [-0.4, -0.2) is 34.7 Å². The number of rotatable bonds is 6. The van der Waals surface area contributed by atoms with Gasteiger partial charge in [0.2, 0.25) is 10.0 Å². The molecule has 1 unspecified atom stereocenters. The third kappa shape index (κ3) is 3.19. The lowest BCUT2D eigenvalue weighted by Crippen LogP contribution is -2.27. The predicted octanol–water partition coefficient (Wildman–Crippen LogP) is -0.396. The van der Waals surface area contributed by atoms with Crippen molar-refractivity contribution in [1.29, 1.82) is 0 Å². The Morgan fingerprint density at radius 1 is 1.58 bits per heavy atom. The van der Waals surface area contributed by atoms with Crippen LogP contribution in [0.15, 0.2) is 29.7 Å². The van der Waals surface area contributed by atoms with Gasteiger partial charge in [-0.1, -0.05) is 0 Å². The molecule has 8 nitrogen and oxygen atoms in total.